The molecule has 0 amide bonds. The number of hydrogen-bond donors (Lipinski definition) is 2. The van der Waals surface area contributed by atoms with Crippen LogP contribution < -0.4 is 15.4 Å². The Labute approximate surface area is 141 Å². The highest BCUT2D eigenvalue weighted by atomic mass is 35.5. The molecule has 2 rings (SSSR count). The second-order valence-electron chi connectivity index (χ2n) is 4.81. The number of ether oxygens (including phenoxy) is 1. The molecule has 0 heterocycles. The first-order chi connectivity index (χ1) is 10.6. The number of hydrogen-bond acceptors (Lipinski definition) is 2. The Hall–Kier alpha value is -1.78. The van der Waals surface area contributed by atoms with Gasteiger partial charge in [0.1, 0.15) is 5.75 Å². The summed E-state index contributed by atoms with van der Waals surface area (Å²) in [6.45, 7) is 2.11. The van der Waals surface area contributed by atoms with Gasteiger partial charge in [0.25, 0.3) is 0 Å². The zero-order valence-electron chi connectivity index (χ0n) is 12.6. The number of para-hydroxylation sites is 1. The number of thiocarbonyl (C=S) groups is 1. The molecule has 2 aromatic carbocycles. The number of halogens is 1. The van der Waals surface area contributed by atoms with Crippen molar-refractivity contribution in [3.8, 4) is 5.75 Å². The third kappa shape index (κ3) is 4.36. The SMILES string of the molecule is CC[C@H](NC(=S)Nc1ccccc1Cl)c1ccc(OC)cc1. The van der Waals surface area contributed by atoms with Crippen LogP contribution in [0.25, 0.3) is 0 Å². The minimum Gasteiger partial charge on any atom is -0.497 e. The van der Waals surface area contributed by atoms with Gasteiger partial charge >= 0.3 is 0 Å². The normalized spacial score (nSPS) is 11.6. The van der Waals surface area contributed by atoms with Crippen molar-refractivity contribution in [1.82, 2.24) is 5.32 Å². The Balaban J connectivity index is 2.03. The summed E-state index contributed by atoms with van der Waals surface area (Å²) in [5.41, 5.74) is 1.96. The van der Waals surface area contributed by atoms with E-state index in [1.54, 1.807) is 7.11 Å². The van der Waals surface area contributed by atoms with Gasteiger partial charge in [-0.05, 0) is 48.5 Å². The molecular weight excluding hydrogens is 316 g/mol. The molecule has 0 aromatic heterocycles. The summed E-state index contributed by atoms with van der Waals surface area (Å²) in [6, 6.07) is 15.6. The number of methoxy groups -OCH3 is 1. The lowest BCUT2D eigenvalue weighted by Crippen LogP contribution is -2.32. The fourth-order valence-corrected chi connectivity index (χ4v) is 2.57. The summed E-state index contributed by atoms with van der Waals surface area (Å²) in [6.07, 6.45) is 0.913. The van der Waals surface area contributed by atoms with Crippen LogP contribution in [0, 0.1) is 0 Å². The van der Waals surface area contributed by atoms with Gasteiger partial charge < -0.3 is 15.4 Å². The first-order valence-corrected chi connectivity index (χ1v) is 7.88. The molecule has 116 valence electrons. The van der Waals surface area contributed by atoms with Crippen molar-refractivity contribution in [2.45, 2.75) is 19.4 Å². The van der Waals surface area contributed by atoms with Crippen LogP contribution in [-0.2, 0) is 0 Å². The standard InChI is InChI=1S/C17H19ClN2OS/c1-3-15(12-8-10-13(21-2)11-9-12)19-17(22)20-16-7-5-4-6-14(16)18/h4-11,15H,3H2,1-2H3,(H2,19,20,22)/t15-/m0/s1. The van der Waals surface area contributed by atoms with E-state index in [1.807, 2.05) is 48.5 Å². The zero-order chi connectivity index (χ0) is 15.9. The van der Waals surface area contributed by atoms with Crippen LogP contribution >= 0.6 is 23.8 Å². The molecule has 0 aliphatic rings. The Morgan fingerprint density at radius 3 is 2.45 bits per heavy atom. The van der Waals surface area contributed by atoms with Crippen LogP contribution in [0.15, 0.2) is 48.5 Å². The number of anilines is 1. The molecule has 5 heteroatoms. The molecule has 0 radical (unpaired) electrons. The lowest BCUT2D eigenvalue weighted by atomic mass is 10.0. The van der Waals surface area contributed by atoms with Crippen molar-refractivity contribution < 1.29 is 4.74 Å². The molecule has 0 aliphatic carbocycles. The summed E-state index contributed by atoms with van der Waals surface area (Å²) in [5, 5.41) is 7.64. The van der Waals surface area contributed by atoms with Crippen molar-refractivity contribution >= 4 is 34.6 Å². The van der Waals surface area contributed by atoms with Gasteiger partial charge in [-0.25, -0.2) is 0 Å². The molecule has 0 saturated carbocycles. The molecule has 2 N–H and O–H groups in total. The van der Waals surface area contributed by atoms with Gasteiger partial charge in [-0.15, -0.1) is 0 Å². The highest BCUT2D eigenvalue weighted by Crippen LogP contribution is 2.22. The second kappa shape index (κ2) is 8.01. The Morgan fingerprint density at radius 2 is 1.86 bits per heavy atom. The Morgan fingerprint density at radius 1 is 1.18 bits per heavy atom. The Bertz CT molecular complexity index is 631. The minimum atomic E-state index is 0.133. The van der Waals surface area contributed by atoms with Crippen molar-refractivity contribution in [1.29, 1.82) is 0 Å². The van der Waals surface area contributed by atoms with Crippen molar-refractivity contribution in [3.63, 3.8) is 0 Å². The van der Waals surface area contributed by atoms with Gasteiger partial charge in [0.2, 0.25) is 0 Å². The predicted octanol–water partition coefficient (Wildman–Crippen LogP) is 4.79. The van der Waals surface area contributed by atoms with E-state index in [2.05, 4.69) is 17.6 Å². The summed E-state index contributed by atoms with van der Waals surface area (Å²) in [5.74, 6) is 0.843. The van der Waals surface area contributed by atoms with Crippen molar-refractivity contribution in [2.75, 3.05) is 12.4 Å². The highest BCUT2D eigenvalue weighted by molar-refractivity contribution is 7.80. The molecule has 0 aliphatic heterocycles. The predicted molar refractivity (Wildman–Crippen MR) is 96.8 cm³/mol. The maximum atomic E-state index is 6.13. The van der Waals surface area contributed by atoms with E-state index in [1.165, 1.54) is 0 Å². The summed E-state index contributed by atoms with van der Waals surface area (Å²) >= 11 is 11.5. The van der Waals surface area contributed by atoms with Crippen molar-refractivity contribution in [3.05, 3.63) is 59.1 Å². The molecule has 0 fully saturated rings. The third-order valence-corrected chi connectivity index (χ3v) is 3.90. The van der Waals surface area contributed by atoms with Gasteiger partial charge in [-0.3, -0.25) is 0 Å². The van der Waals surface area contributed by atoms with Crippen LogP contribution in [0.5, 0.6) is 5.75 Å². The molecule has 3 nitrogen and oxygen atoms in total. The van der Waals surface area contributed by atoms with Crippen LogP contribution in [0.3, 0.4) is 0 Å². The highest BCUT2D eigenvalue weighted by Gasteiger charge is 2.11. The lowest BCUT2D eigenvalue weighted by molar-refractivity contribution is 0.414. The zero-order valence-corrected chi connectivity index (χ0v) is 14.2. The van der Waals surface area contributed by atoms with E-state index in [-0.39, 0.29) is 6.04 Å². The molecule has 0 saturated heterocycles. The summed E-state index contributed by atoms with van der Waals surface area (Å²) in [4.78, 5) is 0. The fraction of sp³-hybridized carbons (Fsp3) is 0.235. The van der Waals surface area contributed by atoms with Gasteiger partial charge in [0.15, 0.2) is 5.11 Å². The van der Waals surface area contributed by atoms with E-state index in [0.717, 1.165) is 23.4 Å². The lowest BCUT2D eigenvalue weighted by Gasteiger charge is -2.20. The summed E-state index contributed by atoms with van der Waals surface area (Å²) in [7, 11) is 1.66. The fourth-order valence-electron chi connectivity index (χ4n) is 2.14. The molecule has 2 aromatic rings. The maximum absolute atomic E-state index is 6.13. The minimum absolute atomic E-state index is 0.133. The summed E-state index contributed by atoms with van der Waals surface area (Å²) < 4.78 is 5.18. The van der Waals surface area contributed by atoms with Crippen LogP contribution in [-0.4, -0.2) is 12.2 Å². The Kier molecular flexibility index (Phi) is 6.04. The number of rotatable bonds is 5. The molecule has 0 spiro atoms. The van der Waals surface area contributed by atoms with Crippen LogP contribution in [0.1, 0.15) is 24.9 Å². The van der Waals surface area contributed by atoms with Crippen LogP contribution in [0.2, 0.25) is 5.02 Å². The van der Waals surface area contributed by atoms with Gasteiger partial charge in [0.05, 0.1) is 23.9 Å². The quantitative estimate of drug-likeness (QED) is 0.770. The van der Waals surface area contributed by atoms with Crippen LogP contribution in [0.4, 0.5) is 5.69 Å². The maximum Gasteiger partial charge on any atom is 0.171 e. The molecule has 0 bridgehead atoms. The van der Waals surface area contributed by atoms with E-state index < -0.39 is 0 Å². The van der Waals surface area contributed by atoms with Gasteiger partial charge in [-0.2, -0.15) is 0 Å². The molecular formula is C17H19ClN2OS. The third-order valence-electron chi connectivity index (χ3n) is 3.35. The topological polar surface area (TPSA) is 33.3 Å². The van der Waals surface area contributed by atoms with E-state index in [4.69, 9.17) is 28.6 Å². The largest absolute Gasteiger partial charge is 0.497 e. The smallest absolute Gasteiger partial charge is 0.171 e. The van der Waals surface area contributed by atoms with E-state index >= 15 is 0 Å². The average Bonchev–Trinajstić information content (AvgIpc) is 2.55. The average molecular weight is 335 g/mol. The monoisotopic (exact) mass is 334 g/mol. The van der Waals surface area contributed by atoms with Gasteiger partial charge in [0, 0.05) is 0 Å². The number of nitrogens with one attached hydrogen (secondary N) is 2. The molecule has 0 unspecified atom stereocenters. The number of benzene rings is 2. The molecule has 1 atom stereocenters. The van der Waals surface area contributed by atoms with Gasteiger partial charge in [-0.1, -0.05) is 42.8 Å². The first kappa shape index (κ1) is 16.6. The van der Waals surface area contributed by atoms with E-state index in [9.17, 15) is 0 Å². The first-order valence-electron chi connectivity index (χ1n) is 7.10. The van der Waals surface area contributed by atoms with E-state index in [0.29, 0.717) is 10.1 Å². The van der Waals surface area contributed by atoms with Crippen molar-refractivity contribution in [2.24, 2.45) is 0 Å². The second-order valence-corrected chi connectivity index (χ2v) is 5.63. The molecule has 22 heavy (non-hydrogen) atoms.